The number of furan rings is 2. The van der Waals surface area contributed by atoms with Crippen LogP contribution in [0.4, 0.5) is 0 Å². The lowest BCUT2D eigenvalue weighted by Gasteiger charge is -2.18. The van der Waals surface area contributed by atoms with Gasteiger partial charge in [0.25, 0.3) is 0 Å². The third kappa shape index (κ3) is 7.49. The molecule has 9 aromatic carbocycles. The molecule has 0 saturated carbocycles. The Balaban J connectivity index is 0.000000262. The Kier molecular flexibility index (Phi) is 11.1. The molecule has 3 nitrogen and oxygen atoms in total. The van der Waals surface area contributed by atoms with Gasteiger partial charge in [-0.3, -0.25) is 0 Å². The predicted octanol–water partition coefficient (Wildman–Crippen LogP) is 18.5. The molecule has 12 rings (SSSR count). The fourth-order valence-electron chi connectivity index (χ4n) is 10.5. The number of hydrogen-bond acceptors (Lipinski definition) is 2. The van der Waals surface area contributed by atoms with Crippen molar-refractivity contribution < 1.29 is 8.83 Å². The minimum absolute atomic E-state index is 0.887. The zero-order chi connectivity index (χ0) is 45.6. The molecule has 67 heavy (non-hydrogen) atoms. The number of rotatable bonds is 9. The molecular weight excluding hydrogens is 815 g/mol. The molecule has 0 spiro atoms. The second-order valence-corrected chi connectivity index (χ2v) is 18.3. The predicted molar refractivity (Wildman–Crippen MR) is 285 cm³/mol. The van der Waals surface area contributed by atoms with Crippen LogP contribution in [0.2, 0.25) is 0 Å². The molecule has 0 fully saturated rings. The summed E-state index contributed by atoms with van der Waals surface area (Å²) < 4.78 is 15.7. The van der Waals surface area contributed by atoms with Gasteiger partial charge in [-0.05, 0) is 145 Å². The van der Waals surface area contributed by atoms with Crippen molar-refractivity contribution in [3.63, 3.8) is 0 Å². The normalized spacial score (nSPS) is 11.7. The highest BCUT2D eigenvalue weighted by molar-refractivity contribution is 6.16. The van der Waals surface area contributed by atoms with Crippen molar-refractivity contribution >= 4 is 65.7 Å². The van der Waals surface area contributed by atoms with Crippen LogP contribution in [0.1, 0.15) is 60.9 Å². The van der Waals surface area contributed by atoms with Gasteiger partial charge < -0.3 is 13.4 Å². The number of aryl methyl sites for hydroxylation is 5. The zero-order valence-corrected chi connectivity index (χ0v) is 39.1. The van der Waals surface area contributed by atoms with E-state index in [9.17, 15) is 0 Å². The van der Waals surface area contributed by atoms with Crippen molar-refractivity contribution in [2.45, 2.75) is 66.7 Å². The summed E-state index contributed by atoms with van der Waals surface area (Å²) in [6.45, 7) is 11.1. The van der Waals surface area contributed by atoms with Crippen molar-refractivity contribution in [2.75, 3.05) is 0 Å². The number of aromatic nitrogens is 1. The van der Waals surface area contributed by atoms with E-state index in [0.29, 0.717) is 0 Å². The molecule has 0 saturated heterocycles. The first-order valence-corrected chi connectivity index (χ1v) is 24.0. The van der Waals surface area contributed by atoms with E-state index in [-0.39, 0.29) is 0 Å². The maximum Gasteiger partial charge on any atom is 0.143 e. The van der Waals surface area contributed by atoms with E-state index >= 15 is 0 Å². The molecule has 0 aliphatic carbocycles. The quantitative estimate of drug-likeness (QED) is 0.145. The first-order valence-electron chi connectivity index (χ1n) is 24.0. The first kappa shape index (κ1) is 42.0. The zero-order valence-electron chi connectivity index (χ0n) is 39.1. The molecule has 0 unspecified atom stereocenters. The molecule has 0 N–H and O–H groups in total. The number of benzene rings is 9. The third-order valence-electron chi connectivity index (χ3n) is 13.8. The minimum Gasteiger partial charge on any atom is -0.456 e. The maximum atomic E-state index is 7.00. The molecule has 328 valence electrons. The van der Waals surface area contributed by atoms with Crippen LogP contribution in [0, 0.1) is 20.8 Å². The summed E-state index contributed by atoms with van der Waals surface area (Å²) in [7, 11) is 0. The molecule has 12 aromatic rings. The van der Waals surface area contributed by atoms with E-state index in [1.165, 1.54) is 78.3 Å². The Bertz CT molecular complexity index is 3750. The van der Waals surface area contributed by atoms with Crippen LogP contribution in [0.15, 0.2) is 191 Å². The fourth-order valence-corrected chi connectivity index (χ4v) is 10.5. The number of nitrogens with zero attached hydrogens (tertiary/aromatic N) is 1. The first-order chi connectivity index (χ1) is 32.9. The van der Waals surface area contributed by atoms with Gasteiger partial charge in [0, 0.05) is 43.6 Å². The average Bonchev–Trinajstić information content (AvgIpc) is 4.03. The van der Waals surface area contributed by atoms with Gasteiger partial charge in [-0.1, -0.05) is 160 Å². The van der Waals surface area contributed by atoms with Gasteiger partial charge >= 0.3 is 0 Å². The van der Waals surface area contributed by atoms with E-state index in [4.69, 9.17) is 8.83 Å². The molecule has 0 amide bonds. The molecule has 3 aromatic heterocycles. The van der Waals surface area contributed by atoms with Crippen LogP contribution in [-0.2, 0) is 12.8 Å². The second-order valence-electron chi connectivity index (χ2n) is 18.3. The van der Waals surface area contributed by atoms with E-state index in [1.54, 1.807) is 0 Å². The summed E-state index contributed by atoms with van der Waals surface area (Å²) in [5, 5.41) is 7.00. The molecule has 0 radical (unpaired) electrons. The van der Waals surface area contributed by atoms with Crippen molar-refractivity contribution in [2.24, 2.45) is 0 Å². The lowest BCUT2D eigenvalue weighted by Crippen LogP contribution is -1.97. The average molecular weight is 870 g/mol. The van der Waals surface area contributed by atoms with Crippen molar-refractivity contribution in [3.8, 4) is 39.1 Å². The van der Waals surface area contributed by atoms with Gasteiger partial charge in [0.05, 0.1) is 11.0 Å². The van der Waals surface area contributed by atoms with Gasteiger partial charge in [-0.15, -0.1) is 0 Å². The summed E-state index contributed by atoms with van der Waals surface area (Å²) in [4.78, 5) is 0. The number of unbranched alkanes of at least 4 members (excludes halogenated alkanes) is 1. The van der Waals surface area contributed by atoms with Gasteiger partial charge in [0.2, 0.25) is 0 Å². The Morgan fingerprint density at radius 1 is 0.403 bits per heavy atom. The highest BCUT2D eigenvalue weighted by Gasteiger charge is 2.24. The summed E-state index contributed by atoms with van der Waals surface area (Å²) in [6.07, 6.45) is 5.69. The van der Waals surface area contributed by atoms with E-state index in [2.05, 4.69) is 209 Å². The molecular formula is C64H55NO2. The summed E-state index contributed by atoms with van der Waals surface area (Å²) in [5.74, 6) is 0. The van der Waals surface area contributed by atoms with E-state index in [0.717, 1.165) is 86.4 Å². The number of fused-ring (bicyclic) bond motifs is 9. The topological polar surface area (TPSA) is 31.2 Å². The smallest absolute Gasteiger partial charge is 0.143 e. The van der Waals surface area contributed by atoms with Gasteiger partial charge in [-0.25, -0.2) is 0 Å². The third-order valence-corrected chi connectivity index (χ3v) is 13.8. The van der Waals surface area contributed by atoms with Gasteiger partial charge in [0.1, 0.15) is 22.3 Å². The minimum atomic E-state index is 0.887. The summed E-state index contributed by atoms with van der Waals surface area (Å²) >= 11 is 0. The Labute approximate surface area is 392 Å². The van der Waals surface area contributed by atoms with Crippen molar-refractivity contribution in [1.29, 1.82) is 0 Å². The molecule has 0 aliphatic heterocycles. The highest BCUT2D eigenvalue weighted by atomic mass is 16.3. The fraction of sp³-hybridized carbons (Fsp3) is 0.156. The largest absolute Gasteiger partial charge is 0.456 e. The Morgan fingerprint density at radius 3 is 1.79 bits per heavy atom. The molecule has 0 aliphatic rings. The molecule has 0 bridgehead atoms. The maximum absolute atomic E-state index is 7.00. The lowest BCUT2D eigenvalue weighted by atomic mass is 9.85. The van der Waals surface area contributed by atoms with Gasteiger partial charge in [-0.2, -0.15) is 0 Å². The van der Waals surface area contributed by atoms with Crippen LogP contribution in [0.3, 0.4) is 0 Å². The Hall–Kier alpha value is -7.62. The van der Waals surface area contributed by atoms with Crippen LogP contribution in [0.25, 0.3) is 105 Å². The SMILES string of the molecule is CCCCc1ccc(C)cc1-c1c(C)cc2c(oc3ccc(-n4c5ccccc5c5ccccc54)cc32)c1-c1ccc2oc3ccccc3c2c1.CCCc1ccccc1-c1ccccc1C. The van der Waals surface area contributed by atoms with Crippen LogP contribution in [0.5, 0.6) is 0 Å². The van der Waals surface area contributed by atoms with Crippen LogP contribution in [-0.4, -0.2) is 4.57 Å². The summed E-state index contributed by atoms with van der Waals surface area (Å²) in [6, 6.07) is 65.6. The Morgan fingerprint density at radius 2 is 1.03 bits per heavy atom. The lowest BCUT2D eigenvalue weighted by molar-refractivity contribution is 0.668. The number of para-hydroxylation sites is 3. The number of hydrogen-bond donors (Lipinski definition) is 0. The molecule has 0 atom stereocenters. The van der Waals surface area contributed by atoms with Crippen LogP contribution >= 0.6 is 0 Å². The highest BCUT2D eigenvalue weighted by Crippen LogP contribution is 2.47. The standard InChI is InChI=1S/C48H37NO2.C16H18/c1-4-5-12-31-20-19-29(2)25-37(31)46-30(3)26-40-39-28-33(49-41-16-9-6-13-34(41)35-14-7-10-17-42(35)49)22-24-45(39)51-48(40)47(46)32-21-23-44-38(27-32)36-15-8-11-18-43(36)50-44;1-3-8-14-10-5-7-12-16(14)15-11-6-4-9-13(15)2/h6-11,13-28H,4-5,12H2,1-3H3;4-7,9-12H,3,8H2,1-2H3. The van der Waals surface area contributed by atoms with Crippen LogP contribution < -0.4 is 0 Å². The van der Waals surface area contributed by atoms with Gasteiger partial charge in [0.15, 0.2) is 0 Å². The van der Waals surface area contributed by atoms with E-state index < -0.39 is 0 Å². The van der Waals surface area contributed by atoms with E-state index in [1.807, 2.05) is 12.1 Å². The van der Waals surface area contributed by atoms with Crippen molar-refractivity contribution in [1.82, 2.24) is 4.57 Å². The van der Waals surface area contributed by atoms with Crippen molar-refractivity contribution in [3.05, 3.63) is 210 Å². The molecule has 3 heteroatoms. The summed E-state index contributed by atoms with van der Waals surface area (Å²) in [5.41, 5.74) is 21.4. The molecule has 3 heterocycles. The second kappa shape index (κ2) is 17.6. The monoisotopic (exact) mass is 869 g/mol.